The van der Waals surface area contributed by atoms with Crippen molar-refractivity contribution in [1.82, 2.24) is 5.32 Å². The second-order valence-electron chi connectivity index (χ2n) is 19.5. The molecule has 0 aromatic rings. The first-order valence-corrected chi connectivity index (χ1v) is 27.7. The molecular weight excluding hydrogens is 819 g/mol. The van der Waals surface area contributed by atoms with Crippen molar-refractivity contribution < 1.29 is 44.9 Å². The number of carbonyl (C=O) groups excluding carboxylic acids is 1. The van der Waals surface area contributed by atoms with Gasteiger partial charge in [0.05, 0.1) is 25.4 Å². The molecule has 1 fully saturated rings. The Morgan fingerprint density at radius 1 is 0.523 bits per heavy atom. The molecule has 8 atom stereocenters. The van der Waals surface area contributed by atoms with Crippen LogP contribution in [0.1, 0.15) is 258 Å². The molecule has 8 unspecified atom stereocenters. The molecule has 0 spiro atoms. The van der Waals surface area contributed by atoms with Gasteiger partial charge in [-0.15, -0.1) is 0 Å². The number of hydrogen-bond donors (Lipinski definition) is 7. The predicted molar refractivity (Wildman–Crippen MR) is 269 cm³/mol. The van der Waals surface area contributed by atoms with E-state index in [0.29, 0.717) is 12.8 Å². The summed E-state index contributed by atoms with van der Waals surface area (Å²) in [6, 6.07) is -0.981. The molecule has 10 nitrogen and oxygen atoms in total. The van der Waals surface area contributed by atoms with Crippen LogP contribution in [0.15, 0.2) is 24.3 Å². The molecule has 1 saturated heterocycles. The molecule has 1 aliphatic heterocycles. The quantitative estimate of drug-likeness (QED) is 0.0232. The van der Waals surface area contributed by atoms with Crippen molar-refractivity contribution in [2.75, 3.05) is 13.2 Å². The van der Waals surface area contributed by atoms with Crippen molar-refractivity contribution >= 4 is 5.91 Å². The van der Waals surface area contributed by atoms with Gasteiger partial charge in [-0.1, -0.05) is 237 Å². The first-order chi connectivity index (χ1) is 31.8. The van der Waals surface area contributed by atoms with E-state index in [-0.39, 0.29) is 6.61 Å². The second-order valence-corrected chi connectivity index (χ2v) is 19.5. The van der Waals surface area contributed by atoms with E-state index in [2.05, 4.69) is 31.3 Å². The van der Waals surface area contributed by atoms with Crippen LogP contribution in [0.25, 0.3) is 0 Å². The Labute approximate surface area is 399 Å². The molecule has 384 valence electrons. The van der Waals surface area contributed by atoms with Gasteiger partial charge in [-0.3, -0.25) is 4.79 Å². The van der Waals surface area contributed by atoms with Crippen LogP contribution >= 0.6 is 0 Å². The minimum absolute atomic E-state index is 0.305. The largest absolute Gasteiger partial charge is 0.394 e. The summed E-state index contributed by atoms with van der Waals surface area (Å²) in [6.07, 6.45) is 45.5. The SMILES string of the molecule is CCCCCCCCCCCCCC/C=C\CCCCCCCCCC(O)C(=O)NC(COC1OC(CO)C(O)C(O)C1O)C(O)/C=C/CCCCCCCCCCCCCCCCC. The molecule has 1 heterocycles. The lowest BCUT2D eigenvalue weighted by Crippen LogP contribution is -2.60. The van der Waals surface area contributed by atoms with Gasteiger partial charge in [0.1, 0.15) is 30.5 Å². The molecule has 7 N–H and O–H groups in total. The van der Waals surface area contributed by atoms with Crippen LogP contribution in [0, 0.1) is 0 Å². The van der Waals surface area contributed by atoms with Gasteiger partial charge in [0.25, 0.3) is 0 Å². The van der Waals surface area contributed by atoms with E-state index < -0.39 is 61.5 Å². The Hall–Kier alpha value is -1.37. The van der Waals surface area contributed by atoms with Gasteiger partial charge in [0, 0.05) is 0 Å². The Bertz CT molecular complexity index is 1090. The number of hydrogen-bond acceptors (Lipinski definition) is 9. The molecule has 0 aromatic heterocycles. The van der Waals surface area contributed by atoms with E-state index in [9.17, 15) is 35.4 Å². The van der Waals surface area contributed by atoms with Gasteiger partial charge in [-0.25, -0.2) is 0 Å². The Balaban J connectivity index is 2.30. The Morgan fingerprint density at radius 3 is 1.29 bits per heavy atom. The van der Waals surface area contributed by atoms with Crippen LogP contribution in [0.2, 0.25) is 0 Å². The summed E-state index contributed by atoms with van der Waals surface area (Å²) in [5, 5.41) is 65.0. The fraction of sp³-hybridized carbons (Fsp3) is 0.909. The Morgan fingerprint density at radius 2 is 0.892 bits per heavy atom. The minimum Gasteiger partial charge on any atom is -0.394 e. The van der Waals surface area contributed by atoms with E-state index in [1.165, 1.54) is 186 Å². The highest BCUT2D eigenvalue weighted by Gasteiger charge is 2.44. The number of ether oxygens (including phenoxy) is 2. The van der Waals surface area contributed by atoms with Gasteiger partial charge in [0.2, 0.25) is 5.91 Å². The first-order valence-electron chi connectivity index (χ1n) is 27.7. The zero-order valence-corrected chi connectivity index (χ0v) is 42.1. The number of carbonyl (C=O) groups is 1. The van der Waals surface area contributed by atoms with E-state index in [4.69, 9.17) is 9.47 Å². The molecule has 0 saturated carbocycles. The van der Waals surface area contributed by atoms with Crippen LogP contribution in [-0.4, -0.2) is 98.7 Å². The standard InChI is InChI=1S/C55H105NO9/c1-3-5-7-9-11-13-15-17-19-21-22-23-24-25-26-28-30-32-34-36-38-40-42-44-49(59)54(63)56-47(46-64-55-53(62)52(61)51(60)50(45-57)65-55)48(58)43-41-39-37-35-33-31-29-27-20-18-16-14-12-10-8-6-4-2/h25-26,41,43,47-53,55,57-62H,3-24,27-40,42,44-46H2,1-2H3,(H,56,63)/b26-25-,43-41+. The fourth-order valence-corrected chi connectivity index (χ4v) is 8.87. The van der Waals surface area contributed by atoms with E-state index in [1.54, 1.807) is 6.08 Å². The summed E-state index contributed by atoms with van der Waals surface area (Å²) < 4.78 is 11.2. The number of amides is 1. The zero-order chi connectivity index (χ0) is 47.4. The molecule has 10 heteroatoms. The van der Waals surface area contributed by atoms with Crippen LogP contribution in [-0.2, 0) is 14.3 Å². The molecule has 65 heavy (non-hydrogen) atoms. The number of allylic oxidation sites excluding steroid dienone is 3. The summed E-state index contributed by atoms with van der Waals surface area (Å²) in [6.45, 7) is 3.64. The van der Waals surface area contributed by atoms with Gasteiger partial charge < -0.3 is 45.4 Å². The van der Waals surface area contributed by atoms with Crippen molar-refractivity contribution in [1.29, 1.82) is 0 Å². The van der Waals surface area contributed by atoms with Gasteiger partial charge in [-0.05, 0) is 44.9 Å². The van der Waals surface area contributed by atoms with E-state index in [1.807, 2.05) is 6.08 Å². The van der Waals surface area contributed by atoms with Crippen molar-refractivity contribution in [3.05, 3.63) is 24.3 Å². The molecule has 0 radical (unpaired) electrons. The molecule has 0 aliphatic carbocycles. The van der Waals surface area contributed by atoms with Gasteiger partial charge in [-0.2, -0.15) is 0 Å². The predicted octanol–water partition coefficient (Wildman–Crippen LogP) is 12.0. The molecule has 1 rings (SSSR count). The summed E-state index contributed by atoms with van der Waals surface area (Å²) in [5.41, 5.74) is 0. The average molecular weight is 924 g/mol. The topological polar surface area (TPSA) is 169 Å². The maximum Gasteiger partial charge on any atom is 0.249 e. The molecule has 0 bridgehead atoms. The van der Waals surface area contributed by atoms with Crippen LogP contribution in [0.4, 0.5) is 0 Å². The number of unbranched alkanes of at least 4 members (excludes halogenated alkanes) is 34. The summed E-state index contributed by atoms with van der Waals surface area (Å²) in [5.74, 6) is -0.617. The number of aliphatic hydroxyl groups is 6. The third kappa shape index (κ3) is 34.6. The highest BCUT2D eigenvalue weighted by atomic mass is 16.7. The number of nitrogens with one attached hydrogen (secondary N) is 1. The summed E-state index contributed by atoms with van der Waals surface area (Å²) in [7, 11) is 0. The third-order valence-electron chi connectivity index (χ3n) is 13.4. The summed E-state index contributed by atoms with van der Waals surface area (Å²) >= 11 is 0. The second kappa shape index (κ2) is 45.1. The van der Waals surface area contributed by atoms with Crippen molar-refractivity contribution in [2.24, 2.45) is 0 Å². The molecule has 1 amide bonds. The highest BCUT2D eigenvalue weighted by molar-refractivity contribution is 5.80. The fourth-order valence-electron chi connectivity index (χ4n) is 8.87. The Kier molecular flexibility index (Phi) is 42.8. The normalized spacial score (nSPS) is 20.5. The maximum absolute atomic E-state index is 13.1. The van der Waals surface area contributed by atoms with Crippen molar-refractivity contribution in [2.45, 2.75) is 307 Å². The minimum atomic E-state index is -1.61. The highest BCUT2D eigenvalue weighted by Crippen LogP contribution is 2.23. The number of rotatable bonds is 47. The summed E-state index contributed by atoms with van der Waals surface area (Å²) in [4.78, 5) is 13.1. The monoisotopic (exact) mass is 924 g/mol. The van der Waals surface area contributed by atoms with Crippen LogP contribution < -0.4 is 5.32 Å². The lowest BCUT2D eigenvalue weighted by Gasteiger charge is -2.40. The first kappa shape index (κ1) is 61.6. The zero-order valence-electron chi connectivity index (χ0n) is 42.1. The average Bonchev–Trinajstić information content (AvgIpc) is 3.31. The lowest BCUT2D eigenvalue weighted by atomic mass is 9.99. The van der Waals surface area contributed by atoms with Crippen LogP contribution in [0.5, 0.6) is 0 Å². The molecular formula is C55H105NO9. The third-order valence-corrected chi connectivity index (χ3v) is 13.4. The smallest absolute Gasteiger partial charge is 0.249 e. The van der Waals surface area contributed by atoms with Gasteiger partial charge >= 0.3 is 0 Å². The molecule has 1 aliphatic rings. The van der Waals surface area contributed by atoms with Crippen molar-refractivity contribution in [3.63, 3.8) is 0 Å². The van der Waals surface area contributed by atoms with E-state index >= 15 is 0 Å². The van der Waals surface area contributed by atoms with E-state index in [0.717, 1.165) is 44.9 Å². The number of aliphatic hydroxyl groups excluding tert-OH is 6. The maximum atomic E-state index is 13.1. The lowest BCUT2D eigenvalue weighted by molar-refractivity contribution is -0.302. The molecule has 0 aromatic carbocycles. The van der Waals surface area contributed by atoms with Gasteiger partial charge in [0.15, 0.2) is 6.29 Å². The van der Waals surface area contributed by atoms with Crippen molar-refractivity contribution in [3.8, 4) is 0 Å². The van der Waals surface area contributed by atoms with Crippen LogP contribution in [0.3, 0.4) is 0 Å².